The minimum atomic E-state index is -0.489. The van der Waals surface area contributed by atoms with Crippen molar-refractivity contribution in [3.63, 3.8) is 0 Å². The minimum absolute atomic E-state index is 0.233. The number of hydrogen-bond acceptors (Lipinski definition) is 4. The van der Waals surface area contributed by atoms with E-state index >= 15 is 0 Å². The summed E-state index contributed by atoms with van der Waals surface area (Å²) in [5.41, 5.74) is 2.36. The number of hydrogen-bond donors (Lipinski definition) is 3. The van der Waals surface area contributed by atoms with Crippen molar-refractivity contribution >= 4 is 40.8 Å². The van der Waals surface area contributed by atoms with Gasteiger partial charge < -0.3 is 20.4 Å². The van der Waals surface area contributed by atoms with E-state index in [4.69, 9.17) is 16.3 Å². The van der Waals surface area contributed by atoms with Crippen LogP contribution in [0.15, 0.2) is 18.2 Å². The Morgan fingerprint density at radius 3 is 2.37 bits per heavy atom. The van der Waals surface area contributed by atoms with Gasteiger partial charge in [-0.3, -0.25) is 9.59 Å². The molecule has 144 valence electrons. The third-order valence-electron chi connectivity index (χ3n) is 3.75. The fourth-order valence-corrected chi connectivity index (χ4v) is 2.83. The molecule has 2 amide bonds. The first-order chi connectivity index (χ1) is 12.6. The lowest BCUT2D eigenvalue weighted by molar-refractivity contribution is -0.114. The molecule has 0 aliphatic carbocycles. The number of carbonyl (C=O) groups excluding carboxylic acids is 3. The van der Waals surface area contributed by atoms with Crippen LogP contribution in [0, 0.1) is 13.8 Å². The lowest BCUT2D eigenvalue weighted by atomic mass is 10.1. The number of esters is 1. The van der Waals surface area contributed by atoms with Crippen LogP contribution in [0.2, 0.25) is 5.02 Å². The van der Waals surface area contributed by atoms with Crippen LogP contribution < -0.4 is 10.6 Å². The predicted octanol–water partition coefficient (Wildman–Crippen LogP) is 4.06. The number of halogens is 1. The van der Waals surface area contributed by atoms with Crippen molar-refractivity contribution in [1.29, 1.82) is 0 Å². The SMILES string of the molecule is CC(=O)Nc1ccc(Cl)cc1NC(=O)c1[nH]c(C)c(C(=O)OC(C)C)c1C. The Bertz CT molecular complexity index is 903. The summed E-state index contributed by atoms with van der Waals surface area (Å²) in [5.74, 6) is -1.23. The molecule has 2 aromatic rings. The number of aromatic amines is 1. The summed E-state index contributed by atoms with van der Waals surface area (Å²) < 4.78 is 5.23. The third kappa shape index (κ3) is 4.89. The summed E-state index contributed by atoms with van der Waals surface area (Å²) in [5, 5.41) is 5.75. The Morgan fingerprint density at radius 2 is 1.78 bits per heavy atom. The number of amides is 2. The molecule has 1 heterocycles. The van der Waals surface area contributed by atoms with Gasteiger partial charge in [0, 0.05) is 17.6 Å². The number of benzene rings is 1. The van der Waals surface area contributed by atoms with Crippen molar-refractivity contribution in [2.45, 2.75) is 40.7 Å². The number of rotatable bonds is 5. The Hall–Kier alpha value is -2.80. The van der Waals surface area contributed by atoms with E-state index in [9.17, 15) is 14.4 Å². The van der Waals surface area contributed by atoms with Crippen LogP contribution in [0.1, 0.15) is 52.9 Å². The van der Waals surface area contributed by atoms with Crippen LogP contribution in [0.25, 0.3) is 0 Å². The molecule has 2 rings (SSSR count). The minimum Gasteiger partial charge on any atom is -0.459 e. The number of H-pyrrole nitrogens is 1. The predicted molar refractivity (Wildman–Crippen MR) is 105 cm³/mol. The molecule has 0 radical (unpaired) electrons. The zero-order valence-electron chi connectivity index (χ0n) is 15.8. The Labute approximate surface area is 162 Å². The summed E-state index contributed by atoms with van der Waals surface area (Å²) in [4.78, 5) is 39.3. The van der Waals surface area contributed by atoms with Gasteiger partial charge in [0.15, 0.2) is 0 Å². The smallest absolute Gasteiger partial charge is 0.340 e. The quantitative estimate of drug-likeness (QED) is 0.669. The molecule has 0 aliphatic heterocycles. The second kappa shape index (κ2) is 8.26. The van der Waals surface area contributed by atoms with E-state index in [1.54, 1.807) is 39.8 Å². The zero-order valence-corrected chi connectivity index (χ0v) is 16.6. The van der Waals surface area contributed by atoms with Gasteiger partial charge in [0.25, 0.3) is 5.91 Å². The van der Waals surface area contributed by atoms with E-state index < -0.39 is 11.9 Å². The molecule has 0 spiro atoms. The number of ether oxygens (including phenoxy) is 1. The highest BCUT2D eigenvalue weighted by Gasteiger charge is 2.24. The summed E-state index contributed by atoms with van der Waals surface area (Å²) >= 11 is 6.00. The molecule has 0 aliphatic rings. The van der Waals surface area contributed by atoms with Crippen LogP contribution in [0.3, 0.4) is 0 Å². The molecule has 0 bridgehead atoms. The van der Waals surface area contributed by atoms with Crippen molar-refractivity contribution in [3.8, 4) is 0 Å². The summed E-state index contributed by atoms with van der Waals surface area (Å²) in [7, 11) is 0. The fraction of sp³-hybridized carbons (Fsp3) is 0.316. The highest BCUT2D eigenvalue weighted by molar-refractivity contribution is 6.31. The van der Waals surface area contributed by atoms with Gasteiger partial charge in [-0.2, -0.15) is 0 Å². The van der Waals surface area contributed by atoms with E-state index in [2.05, 4.69) is 15.6 Å². The van der Waals surface area contributed by atoms with Gasteiger partial charge in [0.2, 0.25) is 5.91 Å². The number of anilines is 2. The summed E-state index contributed by atoms with van der Waals surface area (Å²) in [6.45, 7) is 8.24. The lowest BCUT2D eigenvalue weighted by Gasteiger charge is -2.12. The van der Waals surface area contributed by atoms with Crippen LogP contribution >= 0.6 is 11.6 Å². The zero-order chi connectivity index (χ0) is 20.3. The van der Waals surface area contributed by atoms with Gasteiger partial charge in [0.05, 0.1) is 23.0 Å². The van der Waals surface area contributed by atoms with Crippen molar-refractivity contribution < 1.29 is 19.1 Å². The molecule has 8 heteroatoms. The van der Waals surface area contributed by atoms with Gasteiger partial charge in [-0.1, -0.05) is 11.6 Å². The molecular weight excluding hydrogens is 370 g/mol. The molecule has 27 heavy (non-hydrogen) atoms. The van der Waals surface area contributed by atoms with Crippen LogP contribution in [-0.4, -0.2) is 28.9 Å². The first-order valence-electron chi connectivity index (χ1n) is 8.38. The topological polar surface area (TPSA) is 100 Å². The van der Waals surface area contributed by atoms with Crippen molar-refractivity contribution in [3.05, 3.63) is 45.7 Å². The molecule has 3 N–H and O–H groups in total. The first-order valence-corrected chi connectivity index (χ1v) is 8.76. The number of aryl methyl sites for hydroxylation is 1. The summed E-state index contributed by atoms with van der Waals surface area (Å²) in [6, 6.07) is 4.73. The fourth-order valence-electron chi connectivity index (χ4n) is 2.66. The number of nitrogens with one attached hydrogen (secondary N) is 3. The molecule has 0 saturated carbocycles. The van der Waals surface area contributed by atoms with Crippen molar-refractivity contribution in [2.75, 3.05) is 10.6 Å². The van der Waals surface area contributed by atoms with Gasteiger partial charge in [-0.25, -0.2) is 4.79 Å². The Kier molecular flexibility index (Phi) is 6.28. The molecule has 1 aromatic heterocycles. The maximum Gasteiger partial charge on any atom is 0.340 e. The lowest BCUT2D eigenvalue weighted by Crippen LogP contribution is -2.17. The molecule has 7 nitrogen and oxygen atoms in total. The third-order valence-corrected chi connectivity index (χ3v) is 3.99. The second-order valence-electron chi connectivity index (χ2n) is 6.40. The van der Waals surface area contributed by atoms with Crippen LogP contribution in [0.5, 0.6) is 0 Å². The normalized spacial score (nSPS) is 10.6. The highest BCUT2D eigenvalue weighted by atomic mass is 35.5. The van der Waals surface area contributed by atoms with E-state index in [0.29, 0.717) is 33.2 Å². The monoisotopic (exact) mass is 391 g/mol. The van der Waals surface area contributed by atoms with E-state index in [-0.39, 0.29) is 17.7 Å². The Morgan fingerprint density at radius 1 is 1.11 bits per heavy atom. The average molecular weight is 392 g/mol. The van der Waals surface area contributed by atoms with Gasteiger partial charge in [0.1, 0.15) is 5.69 Å². The largest absolute Gasteiger partial charge is 0.459 e. The number of carbonyl (C=O) groups is 3. The van der Waals surface area contributed by atoms with Crippen molar-refractivity contribution in [1.82, 2.24) is 4.98 Å². The van der Waals surface area contributed by atoms with Crippen molar-refractivity contribution in [2.24, 2.45) is 0 Å². The molecule has 0 atom stereocenters. The van der Waals surface area contributed by atoms with Gasteiger partial charge >= 0.3 is 5.97 Å². The van der Waals surface area contributed by atoms with E-state index in [1.165, 1.54) is 13.0 Å². The Balaban J connectivity index is 2.34. The van der Waals surface area contributed by atoms with E-state index in [0.717, 1.165) is 0 Å². The first kappa shape index (κ1) is 20.5. The maximum atomic E-state index is 12.7. The van der Waals surface area contributed by atoms with Crippen LogP contribution in [-0.2, 0) is 9.53 Å². The molecule has 0 unspecified atom stereocenters. The highest BCUT2D eigenvalue weighted by Crippen LogP contribution is 2.27. The molecule has 0 fully saturated rings. The van der Waals surface area contributed by atoms with Gasteiger partial charge in [-0.05, 0) is 51.5 Å². The van der Waals surface area contributed by atoms with E-state index in [1.807, 2.05) is 0 Å². The number of aromatic nitrogens is 1. The molecular formula is C19H22ClN3O4. The summed E-state index contributed by atoms with van der Waals surface area (Å²) in [6.07, 6.45) is -0.268. The van der Waals surface area contributed by atoms with Crippen LogP contribution in [0.4, 0.5) is 11.4 Å². The standard InChI is InChI=1S/C19H22ClN3O4/c1-9(2)27-19(26)16-10(3)17(21-11(16)4)18(25)23-15-8-13(20)6-7-14(15)22-12(5)24/h6-9,21H,1-5H3,(H,22,24)(H,23,25). The van der Waals surface area contributed by atoms with Gasteiger partial charge in [-0.15, -0.1) is 0 Å². The molecule has 0 saturated heterocycles. The average Bonchev–Trinajstić information content (AvgIpc) is 2.83. The maximum absolute atomic E-state index is 12.7. The molecule has 1 aromatic carbocycles. The second-order valence-corrected chi connectivity index (χ2v) is 6.84.